The summed E-state index contributed by atoms with van der Waals surface area (Å²) in [6.45, 7) is 0.0545. The predicted octanol–water partition coefficient (Wildman–Crippen LogP) is 3.34. The summed E-state index contributed by atoms with van der Waals surface area (Å²) in [7, 11) is 0. The molecule has 0 aliphatic carbocycles. The Bertz CT molecular complexity index is 681. The average molecular weight is 266 g/mol. The highest BCUT2D eigenvalue weighted by molar-refractivity contribution is 5.35. The van der Waals surface area contributed by atoms with Crippen LogP contribution in [0.5, 0.6) is 5.75 Å². The van der Waals surface area contributed by atoms with Gasteiger partial charge in [0.25, 0.3) is 0 Å². The van der Waals surface area contributed by atoms with Crippen molar-refractivity contribution in [3.05, 3.63) is 65.0 Å². The van der Waals surface area contributed by atoms with Crippen LogP contribution in [-0.4, -0.2) is 0 Å². The lowest BCUT2D eigenvalue weighted by molar-refractivity contribution is 0.299. The number of ether oxygens (including phenoxy) is 1. The van der Waals surface area contributed by atoms with Crippen molar-refractivity contribution in [3.8, 4) is 17.9 Å². The van der Waals surface area contributed by atoms with Crippen molar-refractivity contribution in [2.24, 2.45) is 0 Å². The van der Waals surface area contributed by atoms with E-state index in [0.29, 0.717) is 17.7 Å². The minimum atomic E-state index is -0.545. The molecule has 2 rings (SSSR count). The summed E-state index contributed by atoms with van der Waals surface area (Å²) in [6.07, 6.45) is 0.346. The van der Waals surface area contributed by atoms with E-state index >= 15 is 0 Å². The summed E-state index contributed by atoms with van der Waals surface area (Å²) < 4.78 is 19.3. The van der Waals surface area contributed by atoms with Crippen LogP contribution in [0.1, 0.15) is 16.7 Å². The maximum Gasteiger partial charge on any atom is 0.147 e. The topological polar surface area (TPSA) is 56.8 Å². The second-order valence-electron chi connectivity index (χ2n) is 4.16. The SMILES string of the molecule is N#CCc1ccc(OCc2cccc(C#N)c2F)cc1. The Balaban J connectivity index is 2.06. The molecule has 0 amide bonds. The Hall–Kier alpha value is -2.85. The Morgan fingerprint density at radius 1 is 1.05 bits per heavy atom. The molecule has 0 fully saturated rings. The van der Waals surface area contributed by atoms with Crippen molar-refractivity contribution in [1.29, 1.82) is 10.5 Å². The molecule has 0 aromatic heterocycles. The molecule has 0 bridgehead atoms. The Morgan fingerprint density at radius 3 is 2.45 bits per heavy atom. The summed E-state index contributed by atoms with van der Waals surface area (Å²) in [4.78, 5) is 0. The second kappa shape index (κ2) is 6.36. The molecule has 0 atom stereocenters. The monoisotopic (exact) mass is 266 g/mol. The molecule has 0 heterocycles. The van der Waals surface area contributed by atoms with E-state index < -0.39 is 5.82 Å². The fourth-order valence-electron chi connectivity index (χ4n) is 1.73. The minimum absolute atomic E-state index is 0.00969. The summed E-state index contributed by atoms with van der Waals surface area (Å²) in [6, 6.07) is 15.5. The van der Waals surface area contributed by atoms with E-state index in [4.69, 9.17) is 15.3 Å². The van der Waals surface area contributed by atoms with Gasteiger partial charge in [0.1, 0.15) is 24.2 Å². The fourth-order valence-corrected chi connectivity index (χ4v) is 1.73. The molecule has 0 aliphatic rings. The standard InChI is InChI=1S/C16H11FN2O/c17-16-13(10-19)2-1-3-14(16)11-20-15-6-4-12(5-7-15)8-9-18/h1-7H,8,11H2. The first kappa shape index (κ1) is 13.6. The largest absolute Gasteiger partial charge is 0.489 e. The van der Waals surface area contributed by atoms with Crippen LogP contribution in [0.4, 0.5) is 4.39 Å². The van der Waals surface area contributed by atoms with E-state index in [1.54, 1.807) is 42.5 Å². The molecule has 0 saturated carbocycles. The van der Waals surface area contributed by atoms with Gasteiger partial charge in [-0.25, -0.2) is 4.39 Å². The maximum absolute atomic E-state index is 13.8. The number of rotatable bonds is 4. The highest BCUT2D eigenvalue weighted by atomic mass is 19.1. The van der Waals surface area contributed by atoms with Gasteiger partial charge >= 0.3 is 0 Å². The van der Waals surface area contributed by atoms with Gasteiger partial charge in [-0.15, -0.1) is 0 Å². The predicted molar refractivity (Wildman–Crippen MR) is 71.2 cm³/mol. The van der Waals surface area contributed by atoms with Gasteiger partial charge in [0.15, 0.2) is 0 Å². The van der Waals surface area contributed by atoms with E-state index in [9.17, 15) is 4.39 Å². The first-order valence-electron chi connectivity index (χ1n) is 6.01. The molecule has 0 saturated heterocycles. The van der Waals surface area contributed by atoms with E-state index in [-0.39, 0.29) is 12.2 Å². The number of hydrogen-bond donors (Lipinski definition) is 0. The van der Waals surface area contributed by atoms with E-state index in [2.05, 4.69) is 6.07 Å². The van der Waals surface area contributed by atoms with Gasteiger partial charge in [-0.2, -0.15) is 10.5 Å². The first-order chi connectivity index (χ1) is 9.74. The van der Waals surface area contributed by atoms with Gasteiger partial charge in [0.2, 0.25) is 0 Å². The third-order valence-electron chi connectivity index (χ3n) is 2.80. The molecule has 2 aromatic rings. The normalized spacial score (nSPS) is 9.55. The van der Waals surface area contributed by atoms with Crippen LogP contribution in [0.15, 0.2) is 42.5 Å². The zero-order chi connectivity index (χ0) is 14.4. The summed E-state index contributed by atoms with van der Waals surface area (Å²) >= 11 is 0. The quantitative estimate of drug-likeness (QED) is 0.852. The van der Waals surface area contributed by atoms with Crippen LogP contribution in [-0.2, 0) is 13.0 Å². The Morgan fingerprint density at radius 2 is 1.80 bits per heavy atom. The average Bonchev–Trinajstić information content (AvgIpc) is 2.48. The zero-order valence-corrected chi connectivity index (χ0v) is 10.6. The minimum Gasteiger partial charge on any atom is -0.489 e. The maximum atomic E-state index is 13.8. The molecular weight excluding hydrogens is 255 g/mol. The van der Waals surface area contributed by atoms with Crippen molar-refractivity contribution >= 4 is 0 Å². The third-order valence-corrected chi connectivity index (χ3v) is 2.80. The van der Waals surface area contributed by atoms with Crippen LogP contribution in [0.3, 0.4) is 0 Å². The van der Waals surface area contributed by atoms with Crippen LogP contribution >= 0.6 is 0 Å². The number of hydrogen-bond acceptors (Lipinski definition) is 3. The smallest absolute Gasteiger partial charge is 0.147 e. The highest BCUT2D eigenvalue weighted by Crippen LogP contribution is 2.17. The summed E-state index contributed by atoms with van der Waals surface area (Å²) in [5.74, 6) is 0.0459. The summed E-state index contributed by atoms with van der Waals surface area (Å²) in [5, 5.41) is 17.3. The fraction of sp³-hybridized carbons (Fsp3) is 0.125. The molecular formula is C16H11FN2O. The van der Waals surface area contributed by atoms with E-state index in [1.807, 2.05) is 0 Å². The highest BCUT2D eigenvalue weighted by Gasteiger charge is 2.07. The van der Waals surface area contributed by atoms with Crippen LogP contribution < -0.4 is 4.74 Å². The number of halogens is 1. The van der Waals surface area contributed by atoms with Crippen molar-refractivity contribution in [2.45, 2.75) is 13.0 Å². The lowest BCUT2D eigenvalue weighted by atomic mass is 10.1. The van der Waals surface area contributed by atoms with Gasteiger partial charge in [-0.1, -0.05) is 24.3 Å². The number of nitriles is 2. The van der Waals surface area contributed by atoms with Gasteiger partial charge in [-0.05, 0) is 23.8 Å². The summed E-state index contributed by atoms with van der Waals surface area (Å²) in [5.41, 5.74) is 1.25. The van der Waals surface area contributed by atoms with Gasteiger partial charge < -0.3 is 4.74 Å². The lowest BCUT2D eigenvalue weighted by Gasteiger charge is -2.08. The van der Waals surface area contributed by atoms with E-state index in [1.165, 1.54) is 6.07 Å². The second-order valence-corrected chi connectivity index (χ2v) is 4.16. The van der Waals surface area contributed by atoms with Gasteiger partial charge in [0, 0.05) is 5.56 Å². The molecule has 2 aromatic carbocycles. The molecule has 3 nitrogen and oxygen atoms in total. The van der Waals surface area contributed by atoms with Gasteiger partial charge in [0.05, 0.1) is 18.1 Å². The Labute approximate surface area is 116 Å². The van der Waals surface area contributed by atoms with Crippen molar-refractivity contribution in [3.63, 3.8) is 0 Å². The van der Waals surface area contributed by atoms with Gasteiger partial charge in [-0.3, -0.25) is 0 Å². The lowest BCUT2D eigenvalue weighted by Crippen LogP contribution is -2.00. The van der Waals surface area contributed by atoms with E-state index in [0.717, 1.165) is 5.56 Å². The van der Waals surface area contributed by atoms with Crippen molar-refractivity contribution < 1.29 is 9.13 Å². The molecule has 0 N–H and O–H groups in total. The molecule has 20 heavy (non-hydrogen) atoms. The van der Waals surface area contributed by atoms with Crippen LogP contribution in [0.25, 0.3) is 0 Å². The molecule has 0 aliphatic heterocycles. The number of nitrogens with zero attached hydrogens (tertiary/aromatic N) is 2. The van der Waals surface area contributed by atoms with Crippen molar-refractivity contribution in [1.82, 2.24) is 0 Å². The van der Waals surface area contributed by atoms with Crippen LogP contribution in [0.2, 0.25) is 0 Å². The molecule has 98 valence electrons. The Kier molecular flexibility index (Phi) is 4.32. The first-order valence-corrected chi connectivity index (χ1v) is 6.01. The van der Waals surface area contributed by atoms with Crippen molar-refractivity contribution in [2.75, 3.05) is 0 Å². The number of benzene rings is 2. The molecule has 0 radical (unpaired) electrons. The molecule has 0 spiro atoms. The zero-order valence-electron chi connectivity index (χ0n) is 10.6. The van der Waals surface area contributed by atoms with Crippen LogP contribution in [0, 0.1) is 28.5 Å². The molecule has 4 heteroatoms. The third kappa shape index (κ3) is 3.13. The molecule has 0 unspecified atom stereocenters.